The number of hydrogen-bond donors (Lipinski definition) is 0. The number of likely N-dealkylation sites (tertiary alicyclic amines) is 1. The van der Waals surface area contributed by atoms with Gasteiger partial charge in [-0.15, -0.1) is 5.10 Å². The van der Waals surface area contributed by atoms with Crippen LogP contribution in [-0.2, 0) is 4.79 Å². The Morgan fingerprint density at radius 2 is 2.00 bits per heavy atom. The number of fused-ring (bicyclic) bond motifs is 1. The molecule has 0 bridgehead atoms. The summed E-state index contributed by atoms with van der Waals surface area (Å²) >= 11 is 0. The molecule has 130 valence electrons. The normalized spacial score (nSPS) is 24.8. The second kappa shape index (κ2) is 6.58. The van der Waals surface area contributed by atoms with Crippen LogP contribution >= 0.6 is 0 Å². The molecule has 4 rings (SSSR count). The third kappa shape index (κ3) is 3.22. The molecule has 1 saturated heterocycles. The van der Waals surface area contributed by atoms with Crippen LogP contribution in [0.15, 0.2) is 42.6 Å². The van der Waals surface area contributed by atoms with Crippen LogP contribution in [0.4, 0.5) is 0 Å². The predicted molar refractivity (Wildman–Crippen MR) is 88.6 cm³/mol. The average molecular weight is 341 g/mol. The maximum Gasteiger partial charge on any atom is 0.267 e. The summed E-state index contributed by atoms with van der Waals surface area (Å²) in [7, 11) is 0. The average Bonchev–Trinajstić information content (AvgIpc) is 3.10. The van der Waals surface area contributed by atoms with E-state index in [-0.39, 0.29) is 18.1 Å². The van der Waals surface area contributed by atoms with Crippen molar-refractivity contribution in [1.29, 1.82) is 0 Å². The Hall–Kier alpha value is -2.83. The second-order valence-corrected chi connectivity index (χ2v) is 6.18. The molecule has 2 aliphatic rings. The van der Waals surface area contributed by atoms with E-state index in [0.29, 0.717) is 30.5 Å². The van der Waals surface area contributed by atoms with E-state index in [2.05, 4.69) is 10.2 Å². The maximum absolute atomic E-state index is 12.9. The molecule has 1 aromatic heterocycles. The molecular weight excluding hydrogens is 322 g/mol. The van der Waals surface area contributed by atoms with Crippen molar-refractivity contribution >= 4 is 5.91 Å². The number of nitrogens with zero attached hydrogens (tertiary/aromatic N) is 3. The fourth-order valence-electron chi connectivity index (χ4n) is 3.12. The highest BCUT2D eigenvalue weighted by molar-refractivity contribution is 5.82. The van der Waals surface area contributed by atoms with Crippen molar-refractivity contribution in [3.8, 4) is 17.4 Å². The highest BCUT2D eigenvalue weighted by atomic mass is 16.6. The van der Waals surface area contributed by atoms with Crippen molar-refractivity contribution in [3.05, 3.63) is 42.6 Å². The van der Waals surface area contributed by atoms with Gasteiger partial charge >= 0.3 is 0 Å². The fraction of sp³-hybridized carbons (Fsp3) is 0.389. The zero-order chi connectivity index (χ0) is 17.2. The standard InChI is InChI=1S/C18H19N3O4/c1-12-17(25-15-6-3-2-5-14(15)23-12)18(22)21-10-8-13(11-21)24-16-7-4-9-19-20-16/h2-7,9,12-13,17H,8,10-11H2,1H3/t12-,13-,17-/m0/s1. The molecule has 3 heterocycles. The van der Waals surface area contributed by atoms with Crippen molar-refractivity contribution in [2.75, 3.05) is 13.1 Å². The molecule has 1 amide bonds. The first-order valence-corrected chi connectivity index (χ1v) is 8.36. The number of hydrogen-bond acceptors (Lipinski definition) is 6. The van der Waals surface area contributed by atoms with Crippen LogP contribution < -0.4 is 14.2 Å². The summed E-state index contributed by atoms with van der Waals surface area (Å²) in [5.74, 6) is 1.67. The number of ether oxygens (including phenoxy) is 3. The highest BCUT2D eigenvalue weighted by Crippen LogP contribution is 2.34. The molecule has 7 heteroatoms. The van der Waals surface area contributed by atoms with E-state index >= 15 is 0 Å². The molecule has 2 aliphatic heterocycles. The summed E-state index contributed by atoms with van der Waals surface area (Å²) in [5.41, 5.74) is 0. The third-order valence-electron chi connectivity index (χ3n) is 4.38. The van der Waals surface area contributed by atoms with E-state index in [9.17, 15) is 4.79 Å². The number of carbonyl (C=O) groups excluding carboxylic acids is 1. The molecule has 0 unspecified atom stereocenters. The number of aromatic nitrogens is 2. The Morgan fingerprint density at radius 1 is 1.20 bits per heavy atom. The van der Waals surface area contributed by atoms with E-state index in [0.717, 1.165) is 6.42 Å². The van der Waals surface area contributed by atoms with Gasteiger partial charge < -0.3 is 19.1 Å². The Labute approximate surface area is 145 Å². The number of benzene rings is 1. The Bertz CT molecular complexity index is 755. The number of para-hydroxylation sites is 2. The molecule has 3 atom stereocenters. The van der Waals surface area contributed by atoms with Gasteiger partial charge in [0.1, 0.15) is 12.2 Å². The van der Waals surface area contributed by atoms with Crippen molar-refractivity contribution in [2.45, 2.75) is 31.7 Å². The summed E-state index contributed by atoms with van der Waals surface area (Å²) in [6.45, 7) is 2.98. The third-order valence-corrected chi connectivity index (χ3v) is 4.38. The first-order valence-electron chi connectivity index (χ1n) is 8.36. The summed E-state index contributed by atoms with van der Waals surface area (Å²) in [6, 6.07) is 10.9. The molecule has 1 aromatic carbocycles. The molecule has 0 N–H and O–H groups in total. The van der Waals surface area contributed by atoms with Crippen molar-refractivity contribution in [3.63, 3.8) is 0 Å². The smallest absolute Gasteiger partial charge is 0.267 e. The minimum Gasteiger partial charge on any atom is -0.482 e. The summed E-state index contributed by atoms with van der Waals surface area (Å²) in [4.78, 5) is 14.6. The minimum absolute atomic E-state index is 0.0766. The summed E-state index contributed by atoms with van der Waals surface area (Å²) in [5, 5.41) is 7.71. The Balaban J connectivity index is 1.40. The summed E-state index contributed by atoms with van der Waals surface area (Å²) < 4.78 is 17.5. The van der Waals surface area contributed by atoms with Crippen LogP contribution in [0.25, 0.3) is 0 Å². The van der Waals surface area contributed by atoms with Crippen molar-refractivity contribution in [1.82, 2.24) is 15.1 Å². The highest BCUT2D eigenvalue weighted by Gasteiger charge is 2.39. The van der Waals surface area contributed by atoms with Gasteiger partial charge in [0.05, 0.1) is 6.54 Å². The second-order valence-electron chi connectivity index (χ2n) is 6.18. The van der Waals surface area contributed by atoms with Gasteiger partial charge in [-0.25, -0.2) is 0 Å². The first kappa shape index (κ1) is 15.7. The zero-order valence-corrected chi connectivity index (χ0v) is 13.9. The van der Waals surface area contributed by atoms with Gasteiger partial charge in [-0.05, 0) is 25.1 Å². The SMILES string of the molecule is C[C@@H]1Oc2ccccc2O[C@@H]1C(=O)N1CC[C@H](Oc2cccnn2)C1. The topological polar surface area (TPSA) is 73.8 Å². The van der Waals surface area contributed by atoms with Crippen molar-refractivity contribution < 1.29 is 19.0 Å². The van der Waals surface area contributed by atoms with Gasteiger partial charge in [0, 0.05) is 25.2 Å². The molecule has 0 radical (unpaired) electrons. The fourth-order valence-corrected chi connectivity index (χ4v) is 3.12. The largest absolute Gasteiger partial charge is 0.482 e. The molecular formula is C18H19N3O4. The van der Waals surface area contributed by atoms with Gasteiger partial charge in [0.2, 0.25) is 12.0 Å². The van der Waals surface area contributed by atoms with Crippen LogP contribution in [0.5, 0.6) is 17.4 Å². The quantitative estimate of drug-likeness (QED) is 0.846. The van der Waals surface area contributed by atoms with E-state index in [4.69, 9.17) is 14.2 Å². The molecule has 1 fully saturated rings. The number of rotatable bonds is 3. The van der Waals surface area contributed by atoms with Crippen molar-refractivity contribution in [2.24, 2.45) is 0 Å². The Kier molecular flexibility index (Phi) is 4.13. The van der Waals surface area contributed by atoms with Gasteiger partial charge in [-0.2, -0.15) is 5.10 Å². The predicted octanol–water partition coefficient (Wildman–Crippen LogP) is 1.68. The van der Waals surface area contributed by atoms with Crippen LogP contribution in [0.2, 0.25) is 0 Å². The number of amides is 1. The van der Waals surface area contributed by atoms with Gasteiger partial charge in [-0.3, -0.25) is 4.79 Å². The maximum atomic E-state index is 12.9. The lowest BCUT2D eigenvalue weighted by Gasteiger charge is -2.33. The molecule has 25 heavy (non-hydrogen) atoms. The van der Waals surface area contributed by atoms with E-state index < -0.39 is 6.10 Å². The molecule has 0 spiro atoms. The zero-order valence-electron chi connectivity index (χ0n) is 13.9. The van der Waals surface area contributed by atoms with Crippen LogP contribution in [-0.4, -0.2) is 52.4 Å². The van der Waals surface area contributed by atoms with E-state index in [1.807, 2.05) is 31.2 Å². The lowest BCUT2D eigenvalue weighted by Crippen LogP contribution is -2.50. The lowest BCUT2D eigenvalue weighted by atomic mass is 10.1. The van der Waals surface area contributed by atoms with Crippen LogP contribution in [0.1, 0.15) is 13.3 Å². The summed E-state index contributed by atoms with van der Waals surface area (Å²) in [6.07, 6.45) is 1.26. The Morgan fingerprint density at radius 3 is 2.76 bits per heavy atom. The van der Waals surface area contributed by atoms with Gasteiger partial charge in [0.15, 0.2) is 11.5 Å². The van der Waals surface area contributed by atoms with E-state index in [1.165, 1.54) is 0 Å². The van der Waals surface area contributed by atoms with Gasteiger partial charge in [-0.1, -0.05) is 12.1 Å². The molecule has 0 saturated carbocycles. The first-order chi connectivity index (χ1) is 12.2. The van der Waals surface area contributed by atoms with E-state index in [1.54, 1.807) is 23.2 Å². The minimum atomic E-state index is -0.648. The molecule has 7 nitrogen and oxygen atoms in total. The molecule has 2 aromatic rings. The molecule has 0 aliphatic carbocycles. The number of carbonyl (C=O) groups is 1. The van der Waals surface area contributed by atoms with Crippen LogP contribution in [0.3, 0.4) is 0 Å². The lowest BCUT2D eigenvalue weighted by molar-refractivity contribution is -0.143. The monoisotopic (exact) mass is 341 g/mol. The van der Waals surface area contributed by atoms with Gasteiger partial charge in [0.25, 0.3) is 5.91 Å². The van der Waals surface area contributed by atoms with Crippen LogP contribution in [0, 0.1) is 0 Å².